The fourth-order valence-electron chi connectivity index (χ4n) is 6.07. The van der Waals surface area contributed by atoms with Crippen LogP contribution in [0, 0.1) is 0 Å². The summed E-state index contributed by atoms with van der Waals surface area (Å²) in [5.74, 6) is -1.13. The second-order valence-electron chi connectivity index (χ2n) is 17.0. The Morgan fingerprint density at radius 2 is 1.10 bits per heavy atom. The van der Waals surface area contributed by atoms with E-state index in [1.807, 2.05) is 39.4 Å². The van der Waals surface area contributed by atoms with E-state index >= 15 is 0 Å². The lowest BCUT2D eigenvalue weighted by atomic mass is 10.0. The number of quaternary nitrogens is 1. The van der Waals surface area contributed by atoms with Crippen LogP contribution in [0.2, 0.25) is 0 Å². The summed E-state index contributed by atoms with van der Waals surface area (Å²) < 4.78 is 33.7. The highest BCUT2D eigenvalue weighted by Gasteiger charge is 2.22. The van der Waals surface area contributed by atoms with Crippen LogP contribution < -0.4 is 4.89 Å². The van der Waals surface area contributed by atoms with Crippen LogP contribution in [0.4, 0.5) is 0 Å². The van der Waals surface area contributed by atoms with Crippen LogP contribution in [0.15, 0.2) is 72.9 Å². The molecule has 0 heterocycles. The minimum absolute atomic E-state index is 0.0875. The molecule has 0 fully saturated rings. The number of rotatable bonds is 42. The van der Waals surface area contributed by atoms with Crippen molar-refractivity contribution in [2.75, 3.05) is 47.5 Å². The number of hydrogen-bond donors (Lipinski definition) is 2. The molecular weight excluding hydrogens is 806 g/mol. The predicted octanol–water partition coefficient (Wildman–Crippen LogP) is 11.1. The number of aliphatic hydroxyl groups excluding tert-OH is 2. The first-order valence-corrected chi connectivity index (χ1v) is 25.3. The van der Waals surface area contributed by atoms with Crippen LogP contribution >= 0.6 is 7.82 Å². The second kappa shape index (κ2) is 41.1. The van der Waals surface area contributed by atoms with E-state index in [1.165, 1.54) is 57.8 Å². The molecule has 358 valence electrons. The molecule has 0 bridgehead atoms. The van der Waals surface area contributed by atoms with Crippen molar-refractivity contribution >= 4 is 19.8 Å². The normalized spacial score (nSPS) is 15.2. The molecule has 0 saturated carbocycles. The number of hydrogen-bond acceptors (Lipinski definition) is 10. The number of nitrogens with zero attached hydrogens (tertiary/aromatic N) is 1. The van der Waals surface area contributed by atoms with Crippen LogP contribution in [0.5, 0.6) is 0 Å². The summed E-state index contributed by atoms with van der Waals surface area (Å²) in [5, 5.41) is 20.8. The molecule has 0 aromatic carbocycles. The molecule has 4 atom stereocenters. The maximum Gasteiger partial charge on any atom is 0.306 e. The Kier molecular flexibility index (Phi) is 39.4. The lowest BCUT2D eigenvalue weighted by Gasteiger charge is -2.28. The van der Waals surface area contributed by atoms with Gasteiger partial charge in [-0.25, -0.2) is 0 Å². The molecule has 2 N–H and O–H groups in total. The molecule has 0 aliphatic rings. The number of unbranched alkanes of at least 4 members (excludes halogenated alkanes) is 12. The number of likely N-dealkylation sites (N-methyl/N-ethyl adjacent to an activating group) is 1. The van der Waals surface area contributed by atoms with Gasteiger partial charge in [-0.2, -0.15) is 0 Å². The molecule has 0 radical (unpaired) electrons. The number of aliphatic hydroxyl groups is 2. The van der Waals surface area contributed by atoms with Gasteiger partial charge >= 0.3 is 11.9 Å². The standard InChI is InChI=1S/C50H88NO10P/c1-6-8-10-12-14-16-18-20-21-22-23-24-25-26-28-30-32-34-36-40-49(54)58-44-46(45-60-62(56,57)59-43-42-51(3,4)5)61-50(55)41-37-39-48(53)47(52)38-35-33-31-29-27-19-17-15-13-11-9-7-2/h9,11,14-17,20-21,27,29,33,35,46-48,52-53H,6-8,10,12-13,18-19,22-26,28,30-32,34,36-45H2,1-5H3/b11-9-,16-14-,17-15-,21-20-,29-27-,35-33-/t46-,47-,48-/m1/s1. The fraction of sp³-hybridized carbons (Fsp3) is 0.720. The quantitative estimate of drug-likeness (QED) is 0.0199. The first kappa shape index (κ1) is 59.4. The zero-order valence-corrected chi connectivity index (χ0v) is 40.4. The van der Waals surface area contributed by atoms with E-state index in [1.54, 1.807) is 0 Å². The van der Waals surface area contributed by atoms with Gasteiger partial charge < -0.3 is 38.1 Å². The third kappa shape index (κ3) is 42.7. The molecule has 11 nitrogen and oxygen atoms in total. The third-order valence-electron chi connectivity index (χ3n) is 9.91. The second-order valence-corrected chi connectivity index (χ2v) is 18.5. The van der Waals surface area contributed by atoms with Crippen LogP contribution in [-0.4, -0.2) is 92.5 Å². The largest absolute Gasteiger partial charge is 0.756 e. The van der Waals surface area contributed by atoms with Crippen LogP contribution in [0.3, 0.4) is 0 Å². The van der Waals surface area contributed by atoms with Crippen LogP contribution in [0.25, 0.3) is 0 Å². The summed E-state index contributed by atoms with van der Waals surface area (Å²) in [7, 11) is 0.975. The van der Waals surface area contributed by atoms with Gasteiger partial charge in [0.1, 0.15) is 19.8 Å². The Balaban J connectivity index is 4.55. The number of allylic oxidation sites excluding steroid dienone is 11. The lowest BCUT2D eigenvalue weighted by molar-refractivity contribution is -0.870. The average molecular weight is 894 g/mol. The van der Waals surface area contributed by atoms with E-state index in [4.69, 9.17) is 18.5 Å². The van der Waals surface area contributed by atoms with Gasteiger partial charge in [-0.05, 0) is 83.5 Å². The van der Waals surface area contributed by atoms with Gasteiger partial charge in [-0.3, -0.25) is 14.2 Å². The van der Waals surface area contributed by atoms with Crippen molar-refractivity contribution in [1.82, 2.24) is 0 Å². The molecule has 12 heteroatoms. The Hall–Kier alpha value is -2.63. The smallest absolute Gasteiger partial charge is 0.306 e. The zero-order valence-electron chi connectivity index (χ0n) is 39.5. The van der Waals surface area contributed by atoms with E-state index in [0.717, 1.165) is 57.8 Å². The number of esters is 2. The van der Waals surface area contributed by atoms with Crippen molar-refractivity contribution < 1.29 is 52.3 Å². The SMILES string of the molecule is CC/C=C\C/C=C\C/C=C\C/C=C\C[C@@H](O)[C@H](O)CCCC(=O)O[C@H](COC(=O)CCCCCCCCCCC/C=C\C/C=C\CCCCC)COP(=O)([O-])OCC[N+](C)(C)C. The summed E-state index contributed by atoms with van der Waals surface area (Å²) in [6.45, 7) is 3.73. The Morgan fingerprint density at radius 1 is 0.597 bits per heavy atom. The fourth-order valence-corrected chi connectivity index (χ4v) is 6.79. The van der Waals surface area contributed by atoms with Gasteiger partial charge in [-0.1, -0.05) is 145 Å². The highest BCUT2D eigenvalue weighted by Crippen LogP contribution is 2.38. The maximum absolute atomic E-state index is 12.7. The minimum Gasteiger partial charge on any atom is -0.756 e. The van der Waals surface area contributed by atoms with Crippen LogP contribution in [-0.2, 0) is 32.7 Å². The maximum atomic E-state index is 12.7. The average Bonchev–Trinajstić information content (AvgIpc) is 3.22. The number of carbonyl (C=O) groups is 2. The molecule has 0 saturated heterocycles. The van der Waals surface area contributed by atoms with Crippen molar-refractivity contribution in [2.45, 2.75) is 186 Å². The molecule has 62 heavy (non-hydrogen) atoms. The van der Waals surface area contributed by atoms with Gasteiger partial charge in [0.05, 0.1) is 40.0 Å². The van der Waals surface area contributed by atoms with Crippen LogP contribution in [0.1, 0.15) is 168 Å². The molecule has 0 amide bonds. The number of phosphoric ester groups is 1. The van der Waals surface area contributed by atoms with Gasteiger partial charge in [0.15, 0.2) is 6.10 Å². The van der Waals surface area contributed by atoms with Gasteiger partial charge in [0, 0.05) is 12.8 Å². The van der Waals surface area contributed by atoms with Crippen molar-refractivity contribution in [3.05, 3.63) is 72.9 Å². The molecule has 0 spiro atoms. The number of carbonyl (C=O) groups excluding carboxylic acids is 2. The summed E-state index contributed by atoms with van der Waals surface area (Å²) in [6.07, 6.45) is 43.8. The first-order valence-electron chi connectivity index (χ1n) is 23.8. The van der Waals surface area contributed by atoms with E-state index in [-0.39, 0.29) is 45.3 Å². The Labute approximate surface area is 377 Å². The topological polar surface area (TPSA) is 152 Å². The summed E-state index contributed by atoms with van der Waals surface area (Å²) in [4.78, 5) is 37.7. The summed E-state index contributed by atoms with van der Waals surface area (Å²) in [5.41, 5.74) is 0. The predicted molar refractivity (Wildman–Crippen MR) is 252 cm³/mol. The van der Waals surface area contributed by atoms with Crippen molar-refractivity contribution in [1.29, 1.82) is 0 Å². The molecule has 0 aromatic heterocycles. The lowest BCUT2D eigenvalue weighted by Crippen LogP contribution is -2.37. The molecule has 0 aromatic rings. The zero-order chi connectivity index (χ0) is 46.0. The highest BCUT2D eigenvalue weighted by molar-refractivity contribution is 7.45. The van der Waals surface area contributed by atoms with Crippen molar-refractivity contribution in [3.8, 4) is 0 Å². The van der Waals surface area contributed by atoms with E-state index < -0.39 is 44.7 Å². The third-order valence-corrected chi connectivity index (χ3v) is 10.9. The minimum atomic E-state index is -4.72. The van der Waals surface area contributed by atoms with Gasteiger partial charge in [-0.15, -0.1) is 0 Å². The Morgan fingerprint density at radius 3 is 1.66 bits per heavy atom. The highest BCUT2D eigenvalue weighted by atomic mass is 31.2. The number of phosphoric acid groups is 1. The monoisotopic (exact) mass is 894 g/mol. The number of ether oxygens (including phenoxy) is 2. The summed E-state index contributed by atoms with van der Waals surface area (Å²) in [6, 6.07) is 0. The van der Waals surface area contributed by atoms with Crippen molar-refractivity contribution in [2.24, 2.45) is 0 Å². The molecule has 1 unspecified atom stereocenters. The Bertz CT molecular complexity index is 1320. The molecule has 0 aliphatic carbocycles. The molecule has 0 aliphatic heterocycles. The van der Waals surface area contributed by atoms with E-state index in [2.05, 4.69) is 68.5 Å². The van der Waals surface area contributed by atoms with E-state index in [0.29, 0.717) is 17.4 Å². The van der Waals surface area contributed by atoms with Crippen molar-refractivity contribution in [3.63, 3.8) is 0 Å². The molecular formula is C50H88NO10P. The first-order chi connectivity index (χ1) is 29.8. The summed E-state index contributed by atoms with van der Waals surface area (Å²) >= 11 is 0. The molecule has 0 rings (SSSR count). The van der Waals surface area contributed by atoms with E-state index in [9.17, 15) is 29.3 Å². The van der Waals surface area contributed by atoms with Gasteiger partial charge in [0.25, 0.3) is 7.82 Å². The van der Waals surface area contributed by atoms with Gasteiger partial charge in [0.2, 0.25) is 0 Å².